The predicted octanol–water partition coefficient (Wildman–Crippen LogP) is 2.62. The summed E-state index contributed by atoms with van der Waals surface area (Å²) >= 11 is 0. The molecule has 1 amide bonds. The van der Waals surface area contributed by atoms with Crippen LogP contribution in [0.1, 0.15) is 29.9 Å². The third-order valence-corrected chi connectivity index (χ3v) is 5.16. The van der Waals surface area contributed by atoms with Crippen molar-refractivity contribution in [2.75, 3.05) is 6.61 Å². The van der Waals surface area contributed by atoms with Crippen molar-refractivity contribution in [2.45, 2.75) is 26.4 Å². The van der Waals surface area contributed by atoms with Crippen LogP contribution in [-0.2, 0) is 6.54 Å². The van der Waals surface area contributed by atoms with E-state index in [0.29, 0.717) is 17.9 Å². The van der Waals surface area contributed by atoms with Gasteiger partial charge in [-0.3, -0.25) is 9.89 Å². The molecule has 0 spiro atoms. The van der Waals surface area contributed by atoms with E-state index in [9.17, 15) is 9.90 Å². The maximum Gasteiger partial charge on any atom is 0.272 e. The van der Waals surface area contributed by atoms with Crippen molar-refractivity contribution in [1.29, 1.82) is 0 Å². The second-order valence-corrected chi connectivity index (χ2v) is 7.61. The fourth-order valence-corrected chi connectivity index (χ4v) is 3.35. The van der Waals surface area contributed by atoms with Crippen LogP contribution in [0.2, 0.25) is 0 Å². The molecule has 1 atom stereocenters. The van der Waals surface area contributed by atoms with Gasteiger partial charge in [0.2, 0.25) is 0 Å². The zero-order valence-electron chi connectivity index (χ0n) is 16.9. The van der Waals surface area contributed by atoms with E-state index >= 15 is 0 Å². The maximum atomic E-state index is 13.3. The van der Waals surface area contributed by atoms with Crippen molar-refractivity contribution in [3.8, 4) is 11.3 Å². The first-order chi connectivity index (χ1) is 14.6. The first kappa shape index (κ1) is 19.8. The standard InChI is InChI=1S/C22H24N6O2/c1-14(2)19(13-29)24-22(30)21-20(16-8-9-18-17(10-16)11-23-25-18)26-27-28(21)12-15-6-4-3-5-7-15/h3-11,14,19,29H,12-13H2,1-2H3,(H,23,25)(H,24,30)/t19-/m0/s1. The van der Waals surface area contributed by atoms with Crippen LogP contribution in [-0.4, -0.2) is 48.9 Å². The van der Waals surface area contributed by atoms with Crippen molar-refractivity contribution < 1.29 is 9.90 Å². The van der Waals surface area contributed by atoms with Gasteiger partial charge in [-0.25, -0.2) is 4.68 Å². The van der Waals surface area contributed by atoms with Crippen LogP contribution in [0.25, 0.3) is 22.2 Å². The molecule has 0 aliphatic rings. The largest absolute Gasteiger partial charge is 0.394 e. The van der Waals surface area contributed by atoms with E-state index in [1.54, 1.807) is 10.9 Å². The van der Waals surface area contributed by atoms with Gasteiger partial charge in [0.1, 0.15) is 5.69 Å². The van der Waals surface area contributed by atoms with Gasteiger partial charge in [-0.15, -0.1) is 5.10 Å². The summed E-state index contributed by atoms with van der Waals surface area (Å²) in [5.74, 6) is -0.228. The van der Waals surface area contributed by atoms with Gasteiger partial charge in [0.05, 0.1) is 30.9 Å². The summed E-state index contributed by atoms with van der Waals surface area (Å²) in [6, 6.07) is 15.1. The lowest BCUT2D eigenvalue weighted by molar-refractivity contribution is 0.0887. The highest BCUT2D eigenvalue weighted by atomic mass is 16.3. The summed E-state index contributed by atoms with van der Waals surface area (Å²) in [5.41, 5.74) is 3.55. The van der Waals surface area contributed by atoms with E-state index in [-0.39, 0.29) is 24.5 Å². The number of carbonyl (C=O) groups excluding carboxylic acids is 1. The summed E-state index contributed by atoms with van der Waals surface area (Å²) in [6.07, 6.45) is 1.73. The maximum absolute atomic E-state index is 13.3. The molecule has 154 valence electrons. The minimum absolute atomic E-state index is 0.0862. The van der Waals surface area contributed by atoms with Crippen molar-refractivity contribution in [1.82, 2.24) is 30.5 Å². The molecule has 30 heavy (non-hydrogen) atoms. The lowest BCUT2D eigenvalue weighted by Gasteiger charge is -2.20. The number of fused-ring (bicyclic) bond motifs is 1. The molecule has 0 radical (unpaired) electrons. The Morgan fingerprint density at radius 3 is 2.73 bits per heavy atom. The third kappa shape index (κ3) is 3.95. The molecule has 4 aromatic rings. The Labute approximate surface area is 173 Å². The average molecular weight is 404 g/mol. The van der Waals surface area contributed by atoms with Gasteiger partial charge in [0, 0.05) is 10.9 Å². The van der Waals surface area contributed by atoms with Crippen LogP contribution in [0.3, 0.4) is 0 Å². The van der Waals surface area contributed by atoms with Gasteiger partial charge in [-0.05, 0) is 23.6 Å². The summed E-state index contributed by atoms with van der Waals surface area (Å²) in [6.45, 7) is 4.18. The first-order valence-electron chi connectivity index (χ1n) is 9.89. The summed E-state index contributed by atoms with van der Waals surface area (Å²) < 4.78 is 1.61. The predicted molar refractivity (Wildman–Crippen MR) is 114 cm³/mol. The molecular weight excluding hydrogens is 380 g/mol. The number of H-pyrrole nitrogens is 1. The number of aliphatic hydroxyl groups excluding tert-OH is 1. The highest BCUT2D eigenvalue weighted by Gasteiger charge is 2.25. The molecule has 4 rings (SSSR count). The first-order valence-corrected chi connectivity index (χ1v) is 9.89. The number of aromatic nitrogens is 5. The smallest absolute Gasteiger partial charge is 0.272 e. The van der Waals surface area contributed by atoms with E-state index in [1.165, 1.54) is 0 Å². The normalized spacial score (nSPS) is 12.4. The molecule has 0 aliphatic heterocycles. The quantitative estimate of drug-likeness (QED) is 0.439. The molecule has 0 aliphatic carbocycles. The number of nitrogens with one attached hydrogen (secondary N) is 2. The van der Waals surface area contributed by atoms with Crippen molar-refractivity contribution in [3.63, 3.8) is 0 Å². The SMILES string of the molecule is CC(C)[C@H](CO)NC(=O)c1c(-c2ccc3[nH]ncc3c2)nnn1Cc1ccccc1. The van der Waals surface area contributed by atoms with Gasteiger partial charge < -0.3 is 10.4 Å². The van der Waals surface area contributed by atoms with Crippen molar-refractivity contribution in [3.05, 3.63) is 66.0 Å². The minimum atomic E-state index is -0.359. The number of carbonyl (C=O) groups is 1. The topological polar surface area (TPSA) is 109 Å². The fraction of sp³-hybridized carbons (Fsp3) is 0.273. The van der Waals surface area contributed by atoms with E-state index in [4.69, 9.17) is 0 Å². The van der Waals surface area contributed by atoms with Crippen LogP contribution in [0.4, 0.5) is 0 Å². The molecule has 0 bridgehead atoms. The fourth-order valence-electron chi connectivity index (χ4n) is 3.35. The van der Waals surface area contributed by atoms with Crippen molar-refractivity contribution >= 4 is 16.8 Å². The Kier molecular flexibility index (Phi) is 5.58. The van der Waals surface area contributed by atoms with Crippen LogP contribution in [0.15, 0.2) is 54.7 Å². The Hall–Kier alpha value is -3.52. The Morgan fingerprint density at radius 2 is 2.00 bits per heavy atom. The number of hydrogen-bond acceptors (Lipinski definition) is 5. The molecule has 0 unspecified atom stereocenters. The van der Waals surface area contributed by atoms with E-state index in [2.05, 4.69) is 25.8 Å². The van der Waals surface area contributed by atoms with Crippen molar-refractivity contribution in [2.24, 2.45) is 5.92 Å². The van der Waals surface area contributed by atoms with E-state index in [1.807, 2.05) is 62.4 Å². The van der Waals surface area contributed by atoms with Gasteiger partial charge in [0.15, 0.2) is 5.69 Å². The number of aliphatic hydroxyl groups is 1. The highest BCUT2D eigenvalue weighted by Crippen LogP contribution is 2.25. The number of amides is 1. The lowest BCUT2D eigenvalue weighted by atomic mass is 10.0. The van der Waals surface area contributed by atoms with Gasteiger partial charge in [0.25, 0.3) is 5.91 Å². The number of benzene rings is 2. The molecule has 8 heteroatoms. The monoisotopic (exact) mass is 404 g/mol. The molecule has 0 saturated heterocycles. The number of hydrogen-bond donors (Lipinski definition) is 3. The zero-order valence-corrected chi connectivity index (χ0v) is 16.9. The lowest BCUT2D eigenvalue weighted by Crippen LogP contribution is -2.42. The summed E-state index contributed by atoms with van der Waals surface area (Å²) in [4.78, 5) is 13.3. The molecule has 2 aromatic heterocycles. The van der Waals surface area contributed by atoms with Crippen LogP contribution < -0.4 is 5.32 Å². The second kappa shape index (κ2) is 8.46. The number of aromatic amines is 1. The summed E-state index contributed by atoms with van der Waals surface area (Å²) in [7, 11) is 0. The average Bonchev–Trinajstić information content (AvgIpc) is 3.38. The Morgan fingerprint density at radius 1 is 1.20 bits per heavy atom. The van der Waals surface area contributed by atoms with E-state index in [0.717, 1.165) is 22.0 Å². The molecule has 0 saturated carbocycles. The Balaban J connectivity index is 1.76. The molecule has 2 heterocycles. The Bertz CT molecular complexity index is 1150. The van der Waals surface area contributed by atoms with Gasteiger partial charge >= 0.3 is 0 Å². The molecule has 2 aromatic carbocycles. The second-order valence-electron chi connectivity index (χ2n) is 7.61. The molecule has 3 N–H and O–H groups in total. The van der Waals surface area contributed by atoms with Crippen LogP contribution in [0.5, 0.6) is 0 Å². The summed E-state index contributed by atoms with van der Waals surface area (Å²) in [5, 5.41) is 29.1. The van der Waals surface area contributed by atoms with Crippen LogP contribution >= 0.6 is 0 Å². The van der Waals surface area contributed by atoms with Crippen LogP contribution in [0, 0.1) is 5.92 Å². The number of rotatable bonds is 7. The van der Waals surface area contributed by atoms with Gasteiger partial charge in [-0.1, -0.05) is 55.5 Å². The van der Waals surface area contributed by atoms with E-state index < -0.39 is 0 Å². The molecule has 8 nitrogen and oxygen atoms in total. The third-order valence-electron chi connectivity index (χ3n) is 5.16. The highest BCUT2D eigenvalue weighted by molar-refractivity contribution is 5.99. The molecular formula is C22H24N6O2. The van der Waals surface area contributed by atoms with Gasteiger partial charge in [-0.2, -0.15) is 5.10 Å². The molecule has 0 fully saturated rings. The minimum Gasteiger partial charge on any atom is -0.394 e. The number of nitrogens with zero attached hydrogens (tertiary/aromatic N) is 4. The zero-order chi connectivity index (χ0) is 21.1.